The third-order valence-corrected chi connectivity index (χ3v) is 4.55. The van der Waals surface area contributed by atoms with E-state index in [2.05, 4.69) is 41.0 Å². The highest BCUT2D eigenvalue weighted by Crippen LogP contribution is 2.27. The minimum atomic E-state index is 0.803. The molecule has 2 heteroatoms. The summed E-state index contributed by atoms with van der Waals surface area (Å²) >= 11 is 0. The number of para-hydroxylation sites is 1. The molecule has 0 N–H and O–H groups in total. The summed E-state index contributed by atoms with van der Waals surface area (Å²) in [5.41, 5.74) is 2.98. The number of aryl methyl sites for hydroxylation is 1. The Kier molecular flexibility index (Phi) is 3.55. The molecule has 0 amide bonds. The fourth-order valence-electron chi connectivity index (χ4n) is 3.49. The van der Waals surface area contributed by atoms with Crippen molar-refractivity contribution >= 4 is 5.69 Å². The van der Waals surface area contributed by atoms with Gasteiger partial charge in [-0.15, -0.1) is 0 Å². The second-order valence-corrected chi connectivity index (χ2v) is 5.61. The van der Waals surface area contributed by atoms with Gasteiger partial charge in [-0.05, 0) is 37.4 Å². The average molecular weight is 244 g/mol. The van der Waals surface area contributed by atoms with E-state index >= 15 is 0 Å². The van der Waals surface area contributed by atoms with E-state index in [1.165, 1.54) is 56.7 Å². The number of hydrogen-bond acceptors (Lipinski definition) is 2. The molecule has 1 aromatic rings. The molecule has 1 atom stereocenters. The van der Waals surface area contributed by atoms with Gasteiger partial charge in [-0.2, -0.15) is 0 Å². The maximum Gasteiger partial charge on any atom is 0.0399 e. The molecule has 0 bridgehead atoms. The van der Waals surface area contributed by atoms with Crippen LogP contribution in [0.25, 0.3) is 0 Å². The Morgan fingerprint density at radius 1 is 1.11 bits per heavy atom. The number of rotatable bonds is 2. The van der Waals surface area contributed by atoms with Gasteiger partial charge < -0.3 is 4.90 Å². The maximum absolute atomic E-state index is 2.70. The summed E-state index contributed by atoms with van der Waals surface area (Å²) < 4.78 is 0. The Balaban J connectivity index is 1.77. The normalized spacial score (nSPS) is 24.9. The highest BCUT2D eigenvalue weighted by Gasteiger charge is 2.29. The maximum atomic E-state index is 2.70. The molecule has 2 aliphatic rings. The molecule has 0 radical (unpaired) electrons. The van der Waals surface area contributed by atoms with Crippen LogP contribution < -0.4 is 4.90 Å². The van der Waals surface area contributed by atoms with Gasteiger partial charge in [-0.25, -0.2) is 0 Å². The summed E-state index contributed by atoms with van der Waals surface area (Å²) in [6, 6.07) is 9.73. The zero-order chi connectivity index (χ0) is 12.4. The Morgan fingerprint density at radius 3 is 2.89 bits per heavy atom. The predicted octanol–water partition coefficient (Wildman–Crippen LogP) is 2.92. The molecule has 0 saturated carbocycles. The van der Waals surface area contributed by atoms with Crippen molar-refractivity contribution in [3.63, 3.8) is 0 Å². The average Bonchev–Trinajstić information content (AvgIpc) is 2.46. The van der Waals surface area contributed by atoms with Crippen LogP contribution in [0.1, 0.15) is 31.7 Å². The first-order valence-electron chi connectivity index (χ1n) is 7.45. The lowest BCUT2D eigenvalue weighted by Gasteiger charge is -2.45. The van der Waals surface area contributed by atoms with Crippen molar-refractivity contribution in [1.82, 2.24) is 4.90 Å². The van der Waals surface area contributed by atoms with E-state index in [1.54, 1.807) is 0 Å². The summed E-state index contributed by atoms with van der Waals surface area (Å²) in [5.74, 6) is 0. The van der Waals surface area contributed by atoms with Gasteiger partial charge in [0.15, 0.2) is 0 Å². The van der Waals surface area contributed by atoms with Crippen LogP contribution in [0.15, 0.2) is 24.3 Å². The topological polar surface area (TPSA) is 6.48 Å². The van der Waals surface area contributed by atoms with Crippen molar-refractivity contribution in [1.29, 1.82) is 0 Å². The molecule has 2 nitrogen and oxygen atoms in total. The van der Waals surface area contributed by atoms with Gasteiger partial charge in [0.25, 0.3) is 0 Å². The molecule has 0 spiro atoms. The van der Waals surface area contributed by atoms with Crippen LogP contribution in [-0.2, 0) is 6.42 Å². The number of benzene rings is 1. The van der Waals surface area contributed by atoms with E-state index in [4.69, 9.17) is 0 Å². The van der Waals surface area contributed by atoms with E-state index in [0.29, 0.717) is 0 Å². The summed E-state index contributed by atoms with van der Waals surface area (Å²) in [4.78, 5) is 5.32. The van der Waals surface area contributed by atoms with E-state index in [-0.39, 0.29) is 0 Å². The molecule has 3 rings (SSSR count). The second-order valence-electron chi connectivity index (χ2n) is 5.61. The zero-order valence-electron chi connectivity index (χ0n) is 11.4. The van der Waals surface area contributed by atoms with Crippen molar-refractivity contribution < 1.29 is 0 Å². The Labute approximate surface area is 111 Å². The first-order valence-corrected chi connectivity index (χ1v) is 7.45. The van der Waals surface area contributed by atoms with Crippen LogP contribution in [0.5, 0.6) is 0 Å². The van der Waals surface area contributed by atoms with E-state index < -0.39 is 0 Å². The lowest BCUT2D eigenvalue weighted by Crippen LogP contribution is -2.55. The first kappa shape index (κ1) is 12.0. The highest BCUT2D eigenvalue weighted by atomic mass is 15.3. The summed E-state index contributed by atoms with van der Waals surface area (Å²) in [6.07, 6.45) is 5.36. The Hall–Kier alpha value is -1.02. The van der Waals surface area contributed by atoms with Crippen molar-refractivity contribution in [2.75, 3.05) is 31.1 Å². The lowest BCUT2D eigenvalue weighted by atomic mass is 9.98. The van der Waals surface area contributed by atoms with Crippen LogP contribution in [0, 0.1) is 0 Å². The van der Waals surface area contributed by atoms with Gasteiger partial charge in [0.1, 0.15) is 0 Å². The molecule has 18 heavy (non-hydrogen) atoms. The molecule has 0 aromatic heterocycles. The fraction of sp³-hybridized carbons (Fsp3) is 0.625. The Morgan fingerprint density at radius 2 is 2.00 bits per heavy atom. The van der Waals surface area contributed by atoms with E-state index in [0.717, 1.165) is 12.5 Å². The minimum Gasteiger partial charge on any atom is -0.368 e. The summed E-state index contributed by atoms with van der Waals surface area (Å²) in [7, 11) is 0. The predicted molar refractivity (Wildman–Crippen MR) is 77.2 cm³/mol. The SMILES string of the molecule is CCc1ccccc1N1CCN2CCCCC2C1. The number of hydrogen-bond donors (Lipinski definition) is 0. The van der Waals surface area contributed by atoms with Gasteiger partial charge in [0, 0.05) is 31.4 Å². The monoisotopic (exact) mass is 244 g/mol. The molecule has 0 aliphatic carbocycles. The van der Waals surface area contributed by atoms with Crippen LogP contribution in [0.3, 0.4) is 0 Å². The number of nitrogens with zero attached hydrogens (tertiary/aromatic N) is 2. The number of anilines is 1. The number of fused-ring (bicyclic) bond motifs is 1. The van der Waals surface area contributed by atoms with Crippen LogP contribution >= 0.6 is 0 Å². The third kappa shape index (κ3) is 2.26. The smallest absolute Gasteiger partial charge is 0.0399 e. The quantitative estimate of drug-likeness (QED) is 0.789. The molecular formula is C16H24N2. The molecule has 2 heterocycles. The van der Waals surface area contributed by atoms with Crippen LogP contribution in [0.4, 0.5) is 5.69 Å². The fourth-order valence-corrected chi connectivity index (χ4v) is 3.49. The van der Waals surface area contributed by atoms with Crippen molar-refractivity contribution in [2.45, 2.75) is 38.6 Å². The summed E-state index contributed by atoms with van der Waals surface area (Å²) in [5, 5.41) is 0. The van der Waals surface area contributed by atoms with Gasteiger partial charge in [0.05, 0.1) is 0 Å². The van der Waals surface area contributed by atoms with Crippen molar-refractivity contribution in [3.05, 3.63) is 29.8 Å². The molecule has 2 saturated heterocycles. The van der Waals surface area contributed by atoms with Gasteiger partial charge >= 0.3 is 0 Å². The molecule has 2 fully saturated rings. The minimum absolute atomic E-state index is 0.803. The van der Waals surface area contributed by atoms with E-state index in [1.807, 2.05) is 0 Å². The lowest BCUT2D eigenvalue weighted by molar-refractivity contribution is 0.133. The van der Waals surface area contributed by atoms with E-state index in [9.17, 15) is 0 Å². The van der Waals surface area contributed by atoms with Gasteiger partial charge in [-0.3, -0.25) is 4.90 Å². The first-order chi connectivity index (χ1) is 8.88. The largest absolute Gasteiger partial charge is 0.368 e. The number of piperidine rings is 1. The zero-order valence-corrected chi connectivity index (χ0v) is 11.4. The highest BCUT2D eigenvalue weighted by molar-refractivity contribution is 5.54. The van der Waals surface area contributed by atoms with Crippen molar-refractivity contribution in [3.8, 4) is 0 Å². The molecule has 1 aromatic carbocycles. The van der Waals surface area contributed by atoms with Crippen LogP contribution in [-0.4, -0.2) is 37.1 Å². The van der Waals surface area contributed by atoms with Gasteiger partial charge in [0.2, 0.25) is 0 Å². The molecular weight excluding hydrogens is 220 g/mol. The molecule has 98 valence electrons. The second kappa shape index (κ2) is 5.31. The number of piperazine rings is 1. The summed E-state index contributed by atoms with van der Waals surface area (Å²) in [6.45, 7) is 7.27. The van der Waals surface area contributed by atoms with Crippen LogP contribution in [0.2, 0.25) is 0 Å². The Bertz CT molecular complexity index is 402. The van der Waals surface area contributed by atoms with Crippen molar-refractivity contribution in [2.24, 2.45) is 0 Å². The molecule has 1 unspecified atom stereocenters. The standard InChI is InChI=1S/C16H24N2/c1-2-14-7-3-4-9-16(14)18-12-11-17-10-6-5-8-15(17)13-18/h3-4,7,9,15H,2,5-6,8,10-13H2,1H3. The van der Waals surface area contributed by atoms with Gasteiger partial charge in [-0.1, -0.05) is 31.5 Å². The molecule has 2 aliphatic heterocycles. The third-order valence-electron chi connectivity index (χ3n) is 4.55.